The molecule has 0 radical (unpaired) electrons. The van der Waals surface area contributed by atoms with Crippen molar-refractivity contribution in [3.8, 4) is 0 Å². The van der Waals surface area contributed by atoms with E-state index in [0.717, 1.165) is 15.1 Å². The molecule has 92 valence electrons. The van der Waals surface area contributed by atoms with Crippen molar-refractivity contribution >= 4 is 37.1 Å². The van der Waals surface area contributed by atoms with E-state index >= 15 is 0 Å². The normalized spacial score (nSPS) is 13.9. The summed E-state index contributed by atoms with van der Waals surface area (Å²) in [7, 11) is -2.88. The minimum atomic E-state index is -2.88. The number of hydrogen-bond donors (Lipinski definition) is 2. The summed E-state index contributed by atoms with van der Waals surface area (Å²) in [6.07, 6.45) is 2.58. The summed E-state index contributed by atoms with van der Waals surface area (Å²) >= 11 is 4.99. The van der Waals surface area contributed by atoms with Crippen LogP contribution in [0.25, 0.3) is 0 Å². The second-order valence-corrected chi connectivity index (χ2v) is 8.39. The average Bonchev–Trinajstić information content (AvgIpc) is 2.58. The zero-order chi connectivity index (χ0) is 12.2. The molecule has 16 heavy (non-hydrogen) atoms. The molecule has 0 aliphatic heterocycles. The number of sulfone groups is 1. The van der Waals surface area contributed by atoms with Gasteiger partial charge in [0.1, 0.15) is 9.84 Å². The number of hydrazine groups is 1. The van der Waals surface area contributed by atoms with E-state index in [2.05, 4.69) is 21.4 Å². The third kappa shape index (κ3) is 4.92. The summed E-state index contributed by atoms with van der Waals surface area (Å²) < 4.78 is 23.0. The zero-order valence-electron chi connectivity index (χ0n) is 8.94. The molecule has 0 spiro atoms. The molecule has 0 bridgehead atoms. The second kappa shape index (κ2) is 6.11. The summed E-state index contributed by atoms with van der Waals surface area (Å²) in [5.41, 5.74) is 2.71. The lowest BCUT2D eigenvalue weighted by molar-refractivity contribution is 0.515. The van der Waals surface area contributed by atoms with Crippen LogP contribution in [0.5, 0.6) is 0 Å². The molecule has 0 aliphatic carbocycles. The molecule has 1 unspecified atom stereocenters. The van der Waals surface area contributed by atoms with Crippen LogP contribution in [0, 0.1) is 0 Å². The minimum Gasteiger partial charge on any atom is -0.271 e. The number of rotatable bonds is 6. The quantitative estimate of drug-likeness (QED) is 0.618. The highest BCUT2D eigenvalue weighted by molar-refractivity contribution is 9.11. The van der Waals surface area contributed by atoms with Crippen LogP contribution in [0.3, 0.4) is 0 Å². The van der Waals surface area contributed by atoms with Gasteiger partial charge in [-0.15, -0.1) is 11.3 Å². The molecule has 4 nitrogen and oxygen atoms in total. The number of hydrogen-bond acceptors (Lipinski definition) is 5. The Kier molecular flexibility index (Phi) is 5.39. The Labute approximate surface area is 108 Å². The van der Waals surface area contributed by atoms with E-state index in [4.69, 9.17) is 5.84 Å². The summed E-state index contributed by atoms with van der Waals surface area (Å²) in [6, 6.07) is 3.97. The van der Waals surface area contributed by atoms with Gasteiger partial charge in [0.05, 0.1) is 9.83 Å². The van der Waals surface area contributed by atoms with Gasteiger partial charge >= 0.3 is 0 Å². The van der Waals surface area contributed by atoms with Crippen LogP contribution in [-0.2, 0) is 9.84 Å². The van der Waals surface area contributed by atoms with Gasteiger partial charge in [-0.05, 0) is 40.9 Å². The third-order valence-corrected chi connectivity index (χ3v) is 4.91. The fourth-order valence-electron chi connectivity index (χ4n) is 1.37. The molecular weight excluding hydrogens is 312 g/mol. The van der Waals surface area contributed by atoms with E-state index < -0.39 is 9.84 Å². The van der Waals surface area contributed by atoms with E-state index in [9.17, 15) is 8.42 Å². The van der Waals surface area contributed by atoms with E-state index in [0.29, 0.717) is 6.42 Å². The summed E-state index contributed by atoms with van der Waals surface area (Å²) in [6.45, 7) is 0. The molecule has 0 saturated carbocycles. The van der Waals surface area contributed by atoms with Crippen molar-refractivity contribution in [1.82, 2.24) is 5.43 Å². The highest BCUT2D eigenvalue weighted by atomic mass is 79.9. The maximum atomic E-state index is 11.0. The first-order valence-electron chi connectivity index (χ1n) is 4.81. The van der Waals surface area contributed by atoms with Crippen molar-refractivity contribution in [3.63, 3.8) is 0 Å². The standard InChI is InChI=1S/C9H15BrN2O2S2/c1-16(13,14)6-2-3-7(12-11)8-4-5-9(10)15-8/h4-5,7,12H,2-3,6,11H2,1H3. The van der Waals surface area contributed by atoms with Gasteiger partial charge in [0.25, 0.3) is 0 Å². The van der Waals surface area contributed by atoms with Gasteiger partial charge in [0.2, 0.25) is 0 Å². The Morgan fingerprint density at radius 2 is 2.25 bits per heavy atom. The van der Waals surface area contributed by atoms with Crippen molar-refractivity contribution in [2.24, 2.45) is 5.84 Å². The highest BCUT2D eigenvalue weighted by Crippen LogP contribution is 2.29. The van der Waals surface area contributed by atoms with E-state index in [1.165, 1.54) is 6.26 Å². The predicted molar refractivity (Wildman–Crippen MR) is 71.0 cm³/mol. The monoisotopic (exact) mass is 326 g/mol. The van der Waals surface area contributed by atoms with E-state index in [1.807, 2.05) is 12.1 Å². The lowest BCUT2D eigenvalue weighted by Gasteiger charge is -2.13. The van der Waals surface area contributed by atoms with Gasteiger partial charge in [0.15, 0.2) is 0 Å². The molecule has 1 aromatic heterocycles. The zero-order valence-corrected chi connectivity index (χ0v) is 12.2. The van der Waals surface area contributed by atoms with Crippen molar-refractivity contribution in [2.45, 2.75) is 18.9 Å². The predicted octanol–water partition coefficient (Wildman–Crippen LogP) is 1.84. The number of thiophene rings is 1. The SMILES string of the molecule is CS(=O)(=O)CCCC(NN)c1ccc(Br)s1. The first-order chi connectivity index (χ1) is 7.42. The van der Waals surface area contributed by atoms with Crippen LogP contribution in [0.4, 0.5) is 0 Å². The molecule has 0 aromatic carbocycles. The van der Waals surface area contributed by atoms with Gasteiger partial charge in [-0.1, -0.05) is 0 Å². The molecule has 0 fully saturated rings. The molecule has 1 rings (SSSR count). The van der Waals surface area contributed by atoms with E-state index in [-0.39, 0.29) is 11.8 Å². The first kappa shape index (κ1) is 14.1. The van der Waals surface area contributed by atoms with Crippen molar-refractivity contribution in [1.29, 1.82) is 0 Å². The lowest BCUT2D eigenvalue weighted by Crippen LogP contribution is -2.27. The van der Waals surface area contributed by atoms with Crippen LogP contribution >= 0.6 is 27.3 Å². The topological polar surface area (TPSA) is 72.2 Å². The van der Waals surface area contributed by atoms with Gasteiger partial charge in [-0.25, -0.2) is 8.42 Å². The fraction of sp³-hybridized carbons (Fsp3) is 0.556. The highest BCUT2D eigenvalue weighted by Gasteiger charge is 2.13. The van der Waals surface area contributed by atoms with Gasteiger partial charge in [-0.3, -0.25) is 11.3 Å². The largest absolute Gasteiger partial charge is 0.271 e. The first-order valence-corrected chi connectivity index (χ1v) is 8.48. The van der Waals surface area contributed by atoms with Gasteiger partial charge in [-0.2, -0.15) is 0 Å². The Morgan fingerprint density at radius 1 is 1.56 bits per heavy atom. The Morgan fingerprint density at radius 3 is 2.69 bits per heavy atom. The molecule has 0 saturated heterocycles. The number of nitrogens with one attached hydrogen (secondary N) is 1. The molecule has 0 amide bonds. The van der Waals surface area contributed by atoms with Crippen LogP contribution in [-0.4, -0.2) is 20.4 Å². The second-order valence-electron chi connectivity index (χ2n) is 3.63. The van der Waals surface area contributed by atoms with E-state index in [1.54, 1.807) is 11.3 Å². The number of halogens is 1. The smallest absolute Gasteiger partial charge is 0.147 e. The third-order valence-electron chi connectivity index (χ3n) is 2.15. The van der Waals surface area contributed by atoms with Crippen molar-refractivity contribution in [3.05, 3.63) is 20.8 Å². The number of nitrogens with two attached hydrogens (primary N) is 1. The fourth-order valence-corrected chi connectivity index (χ4v) is 3.58. The molecule has 3 N–H and O–H groups in total. The molecule has 1 aromatic rings. The molecule has 7 heteroatoms. The molecular formula is C9H15BrN2O2S2. The minimum absolute atomic E-state index is 0.0260. The molecule has 1 atom stereocenters. The van der Waals surface area contributed by atoms with Gasteiger partial charge < -0.3 is 0 Å². The Bertz CT molecular complexity index is 430. The molecule has 1 heterocycles. The molecule has 0 aliphatic rings. The summed E-state index contributed by atoms with van der Waals surface area (Å²) in [4.78, 5) is 1.11. The summed E-state index contributed by atoms with van der Waals surface area (Å²) in [5.74, 6) is 5.66. The van der Waals surface area contributed by atoms with Crippen LogP contribution in [0.15, 0.2) is 15.9 Å². The lowest BCUT2D eigenvalue weighted by atomic mass is 10.1. The van der Waals surface area contributed by atoms with Crippen molar-refractivity contribution in [2.75, 3.05) is 12.0 Å². The van der Waals surface area contributed by atoms with Crippen LogP contribution in [0.1, 0.15) is 23.8 Å². The Hall–Kier alpha value is 0.0500. The van der Waals surface area contributed by atoms with Crippen LogP contribution in [0.2, 0.25) is 0 Å². The van der Waals surface area contributed by atoms with Crippen molar-refractivity contribution < 1.29 is 8.42 Å². The van der Waals surface area contributed by atoms with Crippen LogP contribution < -0.4 is 11.3 Å². The van der Waals surface area contributed by atoms with Gasteiger partial charge in [0, 0.05) is 16.9 Å². The maximum Gasteiger partial charge on any atom is 0.147 e. The Balaban J connectivity index is 2.50. The average molecular weight is 327 g/mol. The summed E-state index contributed by atoms with van der Waals surface area (Å²) in [5, 5.41) is 0. The maximum absolute atomic E-state index is 11.0.